The largest absolute Gasteiger partial charge is 0.252 e. The van der Waals surface area contributed by atoms with Gasteiger partial charge >= 0.3 is 0 Å². The first kappa shape index (κ1) is 10.1. The Kier molecular flexibility index (Phi) is 2.18. The fraction of sp³-hybridized carbons (Fsp3) is 0.357. The molecule has 2 heteroatoms. The van der Waals surface area contributed by atoms with Gasteiger partial charge < -0.3 is 0 Å². The monoisotopic (exact) mass is 231 g/mol. The van der Waals surface area contributed by atoms with Gasteiger partial charge in [-0.05, 0) is 55.9 Å². The van der Waals surface area contributed by atoms with Crippen molar-refractivity contribution in [1.82, 2.24) is 4.98 Å². The van der Waals surface area contributed by atoms with Gasteiger partial charge in [0.1, 0.15) is 0 Å². The van der Waals surface area contributed by atoms with Crippen LogP contribution < -0.4 is 0 Å². The van der Waals surface area contributed by atoms with Crippen LogP contribution in [0.15, 0.2) is 12.1 Å². The van der Waals surface area contributed by atoms with Gasteiger partial charge in [-0.1, -0.05) is 17.7 Å². The highest BCUT2D eigenvalue weighted by molar-refractivity contribution is 6.36. The summed E-state index contributed by atoms with van der Waals surface area (Å²) in [6.07, 6.45) is 3.36. The summed E-state index contributed by atoms with van der Waals surface area (Å²) >= 11 is 6.50. The predicted octanol–water partition coefficient (Wildman–Crippen LogP) is 3.99. The first-order valence-electron chi connectivity index (χ1n) is 5.75. The van der Waals surface area contributed by atoms with Crippen molar-refractivity contribution in [3.63, 3.8) is 0 Å². The minimum Gasteiger partial charge on any atom is -0.252 e. The quantitative estimate of drug-likeness (QED) is 0.668. The molecule has 0 N–H and O–H groups in total. The zero-order valence-electron chi connectivity index (χ0n) is 9.60. The molecule has 1 aliphatic rings. The van der Waals surface area contributed by atoms with Crippen LogP contribution in [0, 0.1) is 13.8 Å². The maximum atomic E-state index is 6.50. The Morgan fingerprint density at radius 2 is 2.00 bits per heavy atom. The number of hydrogen-bond donors (Lipinski definition) is 0. The van der Waals surface area contributed by atoms with E-state index in [2.05, 4.69) is 26.0 Å². The number of nitrogens with zero attached hydrogens (tertiary/aromatic N) is 1. The molecule has 0 spiro atoms. The van der Waals surface area contributed by atoms with E-state index in [9.17, 15) is 0 Å². The van der Waals surface area contributed by atoms with Crippen molar-refractivity contribution in [3.8, 4) is 0 Å². The SMILES string of the molecule is Cc1cc(C)c2c(Cl)c3c(nc2c1)CCC3. The minimum atomic E-state index is 0.940. The summed E-state index contributed by atoms with van der Waals surface area (Å²) in [7, 11) is 0. The Bertz CT molecular complexity index is 587. The molecule has 1 nitrogen and oxygen atoms in total. The van der Waals surface area contributed by atoms with Crippen molar-refractivity contribution < 1.29 is 0 Å². The fourth-order valence-electron chi connectivity index (χ4n) is 2.70. The predicted molar refractivity (Wildman–Crippen MR) is 68.3 cm³/mol. The van der Waals surface area contributed by atoms with E-state index in [1.165, 1.54) is 28.8 Å². The van der Waals surface area contributed by atoms with Gasteiger partial charge in [-0.2, -0.15) is 0 Å². The molecule has 3 rings (SSSR count). The lowest BCUT2D eigenvalue weighted by molar-refractivity contribution is 0.901. The van der Waals surface area contributed by atoms with E-state index in [1.54, 1.807) is 0 Å². The molecule has 0 unspecified atom stereocenters. The molecule has 2 aromatic rings. The van der Waals surface area contributed by atoms with E-state index in [1.807, 2.05) is 0 Å². The van der Waals surface area contributed by atoms with E-state index in [-0.39, 0.29) is 0 Å². The van der Waals surface area contributed by atoms with Gasteiger partial charge in [0.05, 0.1) is 10.5 Å². The van der Waals surface area contributed by atoms with Gasteiger partial charge in [0.2, 0.25) is 0 Å². The van der Waals surface area contributed by atoms with Crippen molar-refractivity contribution in [1.29, 1.82) is 0 Å². The molecular weight excluding hydrogens is 218 g/mol. The second-order valence-electron chi connectivity index (χ2n) is 4.68. The fourth-order valence-corrected chi connectivity index (χ4v) is 3.15. The van der Waals surface area contributed by atoms with Crippen molar-refractivity contribution in [2.45, 2.75) is 33.1 Å². The average molecular weight is 232 g/mol. The second-order valence-corrected chi connectivity index (χ2v) is 5.06. The van der Waals surface area contributed by atoms with Crippen LogP contribution in [-0.2, 0) is 12.8 Å². The maximum absolute atomic E-state index is 6.50. The summed E-state index contributed by atoms with van der Waals surface area (Å²) < 4.78 is 0. The zero-order valence-corrected chi connectivity index (χ0v) is 10.4. The molecule has 0 aliphatic heterocycles. The summed E-state index contributed by atoms with van der Waals surface area (Å²) in [5.74, 6) is 0. The highest BCUT2D eigenvalue weighted by Gasteiger charge is 2.19. The van der Waals surface area contributed by atoms with Crippen LogP contribution in [0.4, 0.5) is 0 Å². The third-order valence-corrected chi connectivity index (χ3v) is 3.80. The van der Waals surface area contributed by atoms with Crippen LogP contribution in [0.25, 0.3) is 10.9 Å². The molecule has 1 aromatic heterocycles. The molecule has 0 amide bonds. The number of aromatic nitrogens is 1. The van der Waals surface area contributed by atoms with Gasteiger partial charge in [0.15, 0.2) is 0 Å². The Morgan fingerprint density at radius 3 is 2.81 bits per heavy atom. The molecule has 1 aromatic carbocycles. The summed E-state index contributed by atoms with van der Waals surface area (Å²) in [6.45, 7) is 4.22. The van der Waals surface area contributed by atoms with E-state index < -0.39 is 0 Å². The molecule has 1 aliphatic carbocycles. The zero-order chi connectivity index (χ0) is 11.3. The lowest BCUT2D eigenvalue weighted by atomic mass is 10.0. The molecule has 0 bridgehead atoms. The Labute approximate surface area is 100 Å². The van der Waals surface area contributed by atoms with Crippen molar-refractivity contribution in [2.75, 3.05) is 0 Å². The van der Waals surface area contributed by atoms with E-state index in [0.717, 1.165) is 28.8 Å². The number of rotatable bonds is 0. The van der Waals surface area contributed by atoms with Gasteiger partial charge in [-0.3, -0.25) is 4.98 Å². The minimum absolute atomic E-state index is 0.940. The first-order chi connectivity index (χ1) is 7.66. The lowest BCUT2D eigenvalue weighted by Gasteiger charge is -2.10. The normalized spacial score (nSPS) is 14.4. The highest BCUT2D eigenvalue weighted by Crippen LogP contribution is 2.35. The Hall–Kier alpha value is -1.08. The van der Waals surface area contributed by atoms with Crippen molar-refractivity contribution >= 4 is 22.5 Å². The van der Waals surface area contributed by atoms with E-state index in [0.29, 0.717) is 0 Å². The number of fused-ring (bicyclic) bond motifs is 2. The molecule has 16 heavy (non-hydrogen) atoms. The number of aryl methyl sites for hydroxylation is 3. The van der Waals surface area contributed by atoms with Crippen LogP contribution in [0.3, 0.4) is 0 Å². The van der Waals surface area contributed by atoms with Crippen molar-refractivity contribution in [3.05, 3.63) is 39.5 Å². The number of benzene rings is 1. The van der Waals surface area contributed by atoms with Gasteiger partial charge in [-0.15, -0.1) is 0 Å². The average Bonchev–Trinajstić information content (AvgIpc) is 2.64. The van der Waals surface area contributed by atoms with Gasteiger partial charge in [0, 0.05) is 11.1 Å². The molecule has 0 atom stereocenters. The van der Waals surface area contributed by atoms with Crippen LogP contribution in [0.1, 0.15) is 28.8 Å². The molecule has 82 valence electrons. The first-order valence-corrected chi connectivity index (χ1v) is 6.13. The summed E-state index contributed by atoms with van der Waals surface area (Å²) in [5.41, 5.74) is 6.04. The Morgan fingerprint density at radius 1 is 1.19 bits per heavy atom. The van der Waals surface area contributed by atoms with Crippen LogP contribution >= 0.6 is 11.6 Å². The number of pyridine rings is 1. The van der Waals surface area contributed by atoms with Gasteiger partial charge in [0.25, 0.3) is 0 Å². The number of hydrogen-bond acceptors (Lipinski definition) is 1. The standard InChI is InChI=1S/C14H14ClN/c1-8-6-9(2)13-12(7-8)16-11-5-3-4-10(11)14(13)15/h6-7H,3-5H2,1-2H3. The highest BCUT2D eigenvalue weighted by atomic mass is 35.5. The van der Waals surface area contributed by atoms with Crippen LogP contribution in [-0.4, -0.2) is 4.98 Å². The smallest absolute Gasteiger partial charge is 0.0725 e. The summed E-state index contributed by atoms with van der Waals surface area (Å²) in [5, 5.41) is 2.09. The summed E-state index contributed by atoms with van der Waals surface area (Å²) in [6, 6.07) is 4.31. The lowest BCUT2D eigenvalue weighted by Crippen LogP contribution is -1.94. The van der Waals surface area contributed by atoms with Crippen molar-refractivity contribution in [2.24, 2.45) is 0 Å². The molecular formula is C14H14ClN. The Balaban J connectivity index is 2.46. The van der Waals surface area contributed by atoms with E-state index in [4.69, 9.17) is 16.6 Å². The van der Waals surface area contributed by atoms with Crippen LogP contribution in [0.2, 0.25) is 5.02 Å². The molecule has 0 saturated carbocycles. The van der Waals surface area contributed by atoms with Gasteiger partial charge in [-0.25, -0.2) is 0 Å². The third-order valence-electron chi connectivity index (χ3n) is 3.39. The third kappa shape index (κ3) is 1.35. The second kappa shape index (κ2) is 3.46. The summed E-state index contributed by atoms with van der Waals surface area (Å²) in [4.78, 5) is 4.75. The number of halogens is 1. The molecule has 0 radical (unpaired) electrons. The topological polar surface area (TPSA) is 12.9 Å². The molecule has 1 heterocycles. The molecule has 0 saturated heterocycles. The maximum Gasteiger partial charge on any atom is 0.0725 e. The van der Waals surface area contributed by atoms with Crippen LogP contribution in [0.5, 0.6) is 0 Å². The van der Waals surface area contributed by atoms with E-state index >= 15 is 0 Å². The molecule has 0 fully saturated rings.